The second kappa shape index (κ2) is 17.4. The molecule has 7 nitrogen and oxygen atoms in total. The molecule has 1 unspecified atom stereocenters. The Morgan fingerprint density at radius 1 is 0.596 bits per heavy atom. The lowest BCUT2D eigenvalue weighted by Gasteiger charge is -2.18. The number of hydrogen-bond donors (Lipinski definition) is 3. The minimum absolute atomic E-state index is 0.0530. The lowest BCUT2D eigenvalue weighted by molar-refractivity contribution is -0.116. The average Bonchev–Trinajstić information content (AvgIpc) is 3.17. The number of para-hydroxylation sites is 1. The molecule has 0 aliphatic carbocycles. The van der Waals surface area contributed by atoms with Gasteiger partial charge in [0.25, 0.3) is 11.8 Å². The number of benzene rings is 6. The molecule has 0 aromatic heterocycles. The van der Waals surface area contributed by atoms with Gasteiger partial charge in [-0.15, -0.1) is 11.8 Å². The van der Waals surface area contributed by atoms with Gasteiger partial charge in [-0.05, 0) is 96.6 Å². The van der Waals surface area contributed by atoms with Gasteiger partial charge in [0.15, 0.2) is 0 Å². The molecule has 1 atom stereocenters. The van der Waals surface area contributed by atoms with Crippen LogP contribution in [-0.4, -0.2) is 17.7 Å². The summed E-state index contributed by atoms with van der Waals surface area (Å²) < 4.78 is 5.88. The highest BCUT2D eigenvalue weighted by Gasteiger charge is 2.23. The van der Waals surface area contributed by atoms with Crippen LogP contribution in [0.3, 0.4) is 0 Å². The molecular weight excluding hydrogens is 713 g/mol. The Morgan fingerprint density at radius 2 is 1.13 bits per heavy atom. The van der Waals surface area contributed by atoms with Gasteiger partial charge in [0.05, 0.1) is 0 Å². The quantitative estimate of drug-likeness (QED) is 0.0856. The first kappa shape index (κ1) is 36.0. The topological polar surface area (TPSA) is 96.5 Å². The van der Waals surface area contributed by atoms with Gasteiger partial charge in [-0.25, -0.2) is 0 Å². The second-order valence-corrected chi connectivity index (χ2v) is 13.3. The van der Waals surface area contributed by atoms with E-state index in [0.717, 1.165) is 16.2 Å². The molecule has 6 aromatic carbocycles. The molecule has 10 heteroatoms. The zero-order valence-electron chi connectivity index (χ0n) is 27.5. The van der Waals surface area contributed by atoms with Crippen LogP contribution in [0.25, 0.3) is 6.08 Å². The molecule has 0 heterocycles. The molecule has 3 N–H and O–H groups in total. The molecule has 0 spiro atoms. The van der Waals surface area contributed by atoms with E-state index in [0.29, 0.717) is 38.3 Å². The highest BCUT2D eigenvalue weighted by Crippen LogP contribution is 2.37. The maximum atomic E-state index is 13.7. The lowest BCUT2D eigenvalue weighted by atomic mass is 10.1. The van der Waals surface area contributed by atoms with Crippen LogP contribution in [0.2, 0.25) is 10.0 Å². The van der Waals surface area contributed by atoms with E-state index in [4.69, 9.17) is 27.9 Å². The van der Waals surface area contributed by atoms with E-state index < -0.39 is 17.1 Å². The Labute approximate surface area is 315 Å². The third-order valence-corrected chi connectivity index (χ3v) is 9.55. The van der Waals surface area contributed by atoms with Crippen molar-refractivity contribution in [2.45, 2.75) is 10.1 Å². The summed E-state index contributed by atoms with van der Waals surface area (Å²) in [4.78, 5) is 41.1. The number of thioether (sulfide) groups is 1. The summed E-state index contributed by atoms with van der Waals surface area (Å²) in [6, 6.07) is 46.8. The van der Waals surface area contributed by atoms with Crippen molar-refractivity contribution >= 4 is 70.1 Å². The number of ether oxygens (including phenoxy) is 1. The normalized spacial score (nSPS) is 11.6. The van der Waals surface area contributed by atoms with E-state index in [2.05, 4.69) is 16.0 Å². The summed E-state index contributed by atoms with van der Waals surface area (Å²) in [7, 11) is 0. The van der Waals surface area contributed by atoms with Crippen molar-refractivity contribution in [2.75, 3.05) is 10.6 Å². The van der Waals surface area contributed by atoms with E-state index in [1.54, 1.807) is 84.9 Å². The number of amides is 3. The van der Waals surface area contributed by atoms with Crippen LogP contribution >= 0.6 is 35.0 Å². The van der Waals surface area contributed by atoms with Crippen molar-refractivity contribution < 1.29 is 19.1 Å². The predicted octanol–water partition coefficient (Wildman–Crippen LogP) is 10.7. The summed E-state index contributed by atoms with van der Waals surface area (Å²) in [5.74, 6) is 0.117. The summed E-state index contributed by atoms with van der Waals surface area (Å²) in [6.45, 7) is 0. The van der Waals surface area contributed by atoms with Gasteiger partial charge in [-0.1, -0.05) is 96.0 Å². The first-order valence-electron chi connectivity index (χ1n) is 16.1. The van der Waals surface area contributed by atoms with Gasteiger partial charge in [0.1, 0.15) is 22.4 Å². The van der Waals surface area contributed by atoms with Gasteiger partial charge in [0, 0.05) is 37.4 Å². The molecule has 0 aliphatic heterocycles. The van der Waals surface area contributed by atoms with Crippen LogP contribution in [0.5, 0.6) is 11.5 Å². The van der Waals surface area contributed by atoms with Crippen molar-refractivity contribution in [2.24, 2.45) is 0 Å². The number of rotatable bonds is 12. The predicted molar refractivity (Wildman–Crippen MR) is 210 cm³/mol. The largest absolute Gasteiger partial charge is 0.457 e. The van der Waals surface area contributed by atoms with E-state index >= 15 is 0 Å². The molecule has 0 saturated heterocycles. The Balaban J connectivity index is 1.16. The zero-order chi connectivity index (χ0) is 36.3. The van der Waals surface area contributed by atoms with E-state index in [9.17, 15) is 14.4 Å². The minimum atomic E-state index is -0.581. The van der Waals surface area contributed by atoms with Crippen molar-refractivity contribution in [1.29, 1.82) is 0 Å². The van der Waals surface area contributed by atoms with Crippen molar-refractivity contribution in [3.63, 3.8) is 0 Å². The third kappa shape index (κ3) is 9.70. The van der Waals surface area contributed by atoms with Gasteiger partial charge in [-0.3, -0.25) is 14.4 Å². The maximum absolute atomic E-state index is 13.7. The molecule has 0 aliphatic rings. The van der Waals surface area contributed by atoms with Gasteiger partial charge < -0.3 is 20.7 Å². The number of nitrogens with one attached hydrogen (secondary N) is 3. The summed E-state index contributed by atoms with van der Waals surface area (Å²) >= 11 is 14.1. The number of carbonyl (C=O) groups excluding carboxylic acids is 3. The molecular formula is C42H31Cl2N3O4S. The molecule has 258 valence electrons. The lowest BCUT2D eigenvalue weighted by Crippen LogP contribution is -2.30. The Kier molecular flexibility index (Phi) is 12.1. The van der Waals surface area contributed by atoms with E-state index in [1.807, 2.05) is 72.8 Å². The Morgan fingerprint density at radius 3 is 1.77 bits per heavy atom. The molecule has 6 rings (SSSR count). The minimum Gasteiger partial charge on any atom is -0.457 e. The Bertz CT molecular complexity index is 2160. The Hall–Kier alpha value is -5.80. The molecule has 0 bridgehead atoms. The van der Waals surface area contributed by atoms with Crippen molar-refractivity contribution in [3.05, 3.63) is 190 Å². The SMILES string of the molecule is O=C(Nc1ccc(SC(C(=O)Nc2ccc(Oc3ccccc3)cc2)c2ccccc2)cc1)/C(=C/c1c(Cl)cccc1Cl)NC(=O)c1ccccc1. The summed E-state index contributed by atoms with van der Waals surface area (Å²) in [5, 5.41) is 8.62. The van der Waals surface area contributed by atoms with Crippen LogP contribution in [0, 0.1) is 0 Å². The summed E-state index contributed by atoms with van der Waals surface area (Å²) in [5.41, 5.74) is 2.64. The molecule has 0 radical (unpaired) electrons. The van der Waals surface area contributed by atoms with Crippen molar-refractivity contribution in [3.8, 4) is 11.5 Å². The fourth-order valence-corrected chi connectivity index (χ4v) is 6.56. The number of halogens is 2. The second-order valence-electron chi connectivity index (χ2n) is 11.3. The smallest absolute Gasteiger partial charge is 0.272 e. The summed E-state index contributed by atoms with van der Waals surface area (Å²) in [6.07, 6.45) is 1.44. The fraction of sp³-hybridized carbons (Fsp3) is 0.0238. The number of anilines is 2. The molecule has 52 heavy (non-hydrogen) atoms. The molecule has 6 aromatic rings. The molecule has 0 saturated carbocycles. The van der Waals surface area contributed by atoms with Crippen LogP contribution in [0.4, 0.5) is 11.4 Å². The van der Waals surface area contributed by atoms with Crippen LogP contribution < -0.4 is 20.7 Å². The molecule has 3 amide bonds. The number of carbonyl (C=O) groups is 3. The fourth-order valence-electron chi connectivity index (χ4n) is 5.03. The van der Waals surface area contributed by atoms with Crippen molar-refractivity contribution in [1.82, 2.24) is 5.32 Å². The third-order valence-electron chi connectivity index (χ3n) is 7.62. The highest BCUT2D eigenvalue weighted by atomic mass is 35.5. The highest BCUT2D eigenvalue weighted by molar-refractivity contribution is 8.00. The van der Waals surface area contributed by atoms with Gasteiger partial charge in [-0.2, -0.15) is 0 Å². The first-order valence-corrected chi connectivity index (χ1v) is 17.7. The average molecular weight is 745 g/mol. The number of hydrogen-bond acceptors (Lipinski definition) is 5. The molecule has 0 fully saturated rings. The first-order chi connectivity index (χ1) is 25.3. The van der Waals surface area contributed by atoms with E-state index in [-0.39, 0.29) is 11.6 Å². The van der Waals surface area contributed by atoms with Gasteiger partial charge >= 0.3 is 0 Å². The van der Waals surface area contributed by atoms with Crippen LogP contribution in [0.1, 0.15) is 26.7 Å². The van der Waals surface area contributed by atoms with Gasteiger partial charge in [0.2, 0.25) is 5.91 Å². The maximum Gasteiger partial charge on any atom is 0.272 e. The zero-order valence-corrected chi connectivity index (χ0v) is 29.8. The van der Waals surface area contributed by atoms with Crippen LogP contribution in [-0.2, 0) is 9.59 Å². The monoisotopic (exact) mass is 743 g/mol. The van der Waals surface area contributed by atoms with E-state index in [1.165, 1.54) is 17.8 Å². The standard InChI is InChI=1S/C42H31Cl2N3O4S/c43-36-17-10-18-37(44)35(36)27-38(47-40(48)29-13-6-2-7-14-29)41(49)45-31-21-25-34(26-22-31)52-39(28-11-4-1-5-12-28)42(50)46-30-19-23-33(24-20-30)51-32-15-8-3-9-16-32/h1-27,39H,(H,45,49)(H,46,50)(H,47,48)/b38-27-. The van der Waals surface area contributed by atoms with Crippen LogP contribution in [0.15, 0.2) is 168 Å².